The molecule has 0 saturated heterocycles. The molecule has 152 valence electrons. The van der Waals surface area contributed by atoms with E-state index in [0.29, 0.717) is 27.7 Å². The zero-order valence-corrected chi connectivity index (χ0v) is 17.8. The van der Waals surface area contributed by atoms with E-state index in [9.17, 15) is 4.79 Å². The van der Waals surface area contributed by atoms with Crippen molar-refractivity contribution in [2.24, 2.45) is 5.16 Å². The van der Waals surface area contributed by atoms with Crippen molar-refractivity contribution in [1.29, 1.82) is 0 Å². The minimum atomic E-state index is -0.666. The van der Waals surface area contributed by atoms with Crippen LogP contribution in [0.25, 0.3) is 0 Å². The molecule has 1 N–H and O–H groups in total. The first-order chi connectivity index (χ1) is 14.3. The molecule has 2 aromatic carbocycles. The van der Waals surface area contributed by atoms with Gasteiger partial charge in [0.25, 0.3) is 5.91 Å². The molecule has 0 saturated carbocycles. The summed E-state index contributed by atoms with van der Waals surface area (Å²) < 4.78 is 0. The number of aromatic nitrogens is 2. The molecule has 4 rings (SSSR count). The molecule has 1 atom stereocenters. The summed E-state index contributed by atoms with van der Waals surface area (Å²) in [5, 5.41) is 8.18. The molecule has 0 bridgehead atoms. The number of anilines is 1. The Kier molecular flexibility index (Phi) is 5.45. The van der Waals surface area contributed by atoms with E-state index in [1.807, 2.05) is 38.1 Å². The van der Waals surface area contributed by atoms with Gasteiger partial charge in [-0.05, 0) is 55.3 Å². The Morgan fingerprint density at radius 3 is 2.47 bits per heavy atom. The van der Waals surface area contributed by atoms with Crippen LogP contribution in [-0.4, -0.2) is 21.6 Å². The van der Waals surface area contributed by atoms with E-state index in [4.69, 9.17) is 28.0 Å². The molecule has 0 aliphatic carbocycles. The topological polar surface area (TPSA) is 76.5 Å². The van der Waals surface area contributed by atoms with Crippen molar-refractivity contribution in [2.45, 2.75) is 25.9 Å². The van der Waals surface area contributed by atoms with Crippen LogP contribution in [0.1, 0.15) is 40.4 Å². The molecule has 1 aliphatic rings. The van der Waals surface area contributed by atoms with Crippen LogP contribution < -0.4 is 5.32 Å². The van der Waals surface area contributed by atoms with Crippen LogP contribution in [0.15, 0.2) is 60.3 Å². The van der Waals surface area contributed by atoms with E-state index in [1.165, 1.54) is 6.33 Å². The van der Waals surface area contributed by atoms with Gasteiger partial charge >= 0.3 is 0 Å². The molecule has 1 amide bonds. The Bertz CT molecular complexity index is 1130. The number of amides is 1. The summed E-state index contributed by atoms with van der Waals surface area (Å²) in [5.74, 6) is -0.225. The monoisotopic (exact) mass is 440 g/mol. The molecule has 1 unspecified atom stereocenters. The highest BCUT2D eigenvalue weighted by Gasteiger charge is 2.37. The first-order valence-electron chi connectivity index (χ1n) is 9.23. The SMILES string of the molecule is Cc1cc(C2=NOC(C)(c3cc(Cl)cc(Cl)c3)C2)ccc1C(=O)Nc1cncnc1. The van der Waals surface area contributed by atoms with Gasteiger partial charge in [-0.1, -0.05) is 34.4 Å². The third-order valence-electron chi connectivity index (χ3n) is 4.96. The normalized spacial score (nSPS) is 17.9. The fourth-order valence-corrected chi connectivity index (χ4v) is 3.89. The third-order valence-corrected chi connectivity index (χ3v) is 5.39. The van der Waals surface area contributed by atoms with Crippen molar-refractivity contribution in [3.63, 3.8) is 0 Å². The number of benzene rings is 2. The predicted octanol–water partition coefficient (Wildman–Crippen LogP) is 5.38. The number of hydrogen-bond donors (Lipinski definition) is 1. The lowest BCUT2D eigenvalue weighted by Gasteiger charge is -2.22. The van der Waals surface area contributed by atoms with Crippen LogP contribution >= 0.6 is 23.2 Å². The van der Waals surface area contributed by atoms with Gasteiger partial charge in [-0.3, -0.25) is 4.79 Å². The Morgan fingerprint density at radius 2 is 1.80 bits per heavy atom. The average Bonchev–Trinajstić information content (AvgIpc) is 3.11. The number of halogens is 2. The van der Waals surface area contributed by atoms with E-state index >= 15 is 0 Å². The second-order valence-corrected chi connectivity index (χ2v) is 8.18. The largest absolute Gasteiger partial charge is 0.384 e. The molecule has 1 aromatic heterocycles. The summed E-state index contributed by atoms with van der Waals surface area (Å²) in [4.78, 5) is 26.1. The number of carbonyl (C=O) groups excluding carboxylic acids is 1. The zero-order chi connectivity index (χ0) is 21.3. The van der Waals surface area contributed by atoms with Gasteiger partial charge in [-0.25, -0.2) is 9.97 Å². The number of hydrogen-bond acceptors (Lipinski definition) is 5. The van der Waals surface area contributed by atoms with E-state index in [0.717, 1.165) is 22.4 Å². The van der Waals surface area contributed by atoms with Gasteiger partial charge in [-0.15, -0.1) is 0 Å². The van der Waals surface area contributed by atoms with Crippen molar-refractivity contribution >= 4 is 40.5 Å². The van der Waals surface area contributed by atoms with Crippen LogP contribution in [0.2, 0.25) is 10.0 Å². The van der Waals surface area contributed by atoms with E-state index < -0.39 is 5.60 Å². The van der Waals surface area contributed by atoms with Crippen molar-refractivity contribution in [3.05, 3.63) is 87.4 Å². The lowest BCUT2D eigenvalue weighted by molar-refractivity contribution is -0.00737. The maximum atomic E-state index is 12.6. The summed E-state index contributed by atoms with van der Waals surface area (Å²) in [6.07, 6.45) is 5.05. The average molecular weight is 441 g/mol. The van der Waals surface area contributed by atoms with Gasteiger partial charge in [0.05, 0.1) is 23.8 Å². The number of nitrogens with one attached hydrogen (secondary N) is 1. The number of carbonyl (C=O) groups is 1. The van der Waals surface area contributed by atoms with Gasteiger partial charge in [0.2, 0.25) is 0 Å². The summed E-state index contributed by atoms with van der Waals surface area (Å²) in [7, 11) is 0. The van der Waals surface area contributed by atoms with E-state index in [1.54, 1.807) is 24.5 Å². The highest BCUT2D eigenvalue weighted by Crippen LogP contribution is 2.38. The number of aryl methyl sites for hydroxylation is 1. The highest BCUT2D eigenvalue weighted by atomic mass is 35.5. The molecular weight excluding hydrogens is 423 g/mol. The van der Waals surface area contributed by atoms with Gasteiger partial charge in [0, 0.05) is 27.6 Å². The summed E-state index contributed by atoms with van der Waals surface area (Å²) in [6, 6.07) is 10.9. The van der Waals surface area contributed by atoms with Crippen molar-refractivity contribution in [1.82, 2.24) is 9.97 Å². The van der Waals surface area contributed by atoms with E-state index in [-0.39, 0.29) is 5.91 Å². The highest BCUT2D eigenvalue weighted by molar-refractivity contribution is 6.34. The van der Waals surface area contributed by atoms with Crippen LogP contribution in [-0.2, 0) is 10.4 Å². The summed E-state index contributed by atoms with van der Waals surface area (Å²) >= 11 is 12.3. The van der Waals surface area contributed by atoms with Gasteiger partial charge in [-0.2, -0.15) is 0 Å². The first kappa shape index (κ1) is 20.3. The van der Waals surface area contributed by atoms with Crippen LogP contribution in [0.4, 0.5) is 5.69 Å². The molecule has 3 aromatic rings. The maximum absolute atomic E-state index is 12.6. The van der Waals surface area contributed by atoms with Crippen LogP contribution in [0.5, 0.6) is 0 Å². The van der Waals surface area contributed by atoms with Crippen molar-refractivity contribution in [2.75, 3.05) is 5.32 Å². The Labute approximate surface area is 183 Å². The molecular formula is C22H18Cl2N4O2. The number of oxime groups is 1. The minimum absolute atomic E-state index is 0.225. The molecule has 0 fully saturated rings. The molecule has 0 spiro atoms. The van der Waals surface area contributed by atoms with Crippen molar-refractivity contribution < 1.29 is 9.63 Å². The van der Waals surface area contributed by atoms with Gasteiger partial charge in [0.15, 0.2) is 5.60 Å². The van der Waals surface area contributed by atoms with Gasteiger partial charge in [0.1, 0.15) is 6.33 Å². The predicted molar refractivity (Wildman–Crippen MR) is 117 cm³/mol. The fraction of sp³-hybridized carbons (Fsp3) is 0.182. The second kappa shape index (κ2) is 8.05. The smallest absolute Gasteiger partial charge is 0.256 e. The third kappa shape index (κ3) is 4.15. The molecule has 2 heterocycles. The van der Waals surface area contributed by atoms with Crippen LogP contribution in [0.3, 0.4) is 0 Å². The molecule has 0 radical (unpaired) electrons. The second-order valence-electron chi connectivity index (χ2n) is 7.31. The number of rotatable bonds is 4. The van der Waals surface area contributed by atoms with Gasteiger partial charge < -0.3 is 10.2 Å². The molecule has 6 nitrogen and oxygen atoms in total. The maximum Gasteiger partial charge on any atom is 0.256 e. The quantitative estimate of drug-likeness (QED) is 0.590. The zero-order valence-electron chi connectivity index (χ0n) is 16.3. The van der Waals surface area contributed by atoms with E-state index in [2.05, 4.69) is 20.4 Å². The Balaban J connectivity index is 1.53. The van der Waals surface area contributed by atoms with Crippen molar-refractivity contribution in [3.8, 4) is 0 Å². The molecule has 8 heteroatoms. The first-order valence-corrected chi connectivity index (χ1v) is 9.99. The molecule has 1 aliphatic heterocycles. The standard InChI is InChI=1S/C22H18Cl2N4O2/c1-13-5-14(3-4-19(13)21(29)27-18-10-25-12-26-11-18)20-9-22(2,30-28-20)15-6-16(23)8-17(24)7-15/h3-8,10-12H,9H2,1-2H3,(H,27,29). The molecule has 30 heavy (non-hydrogen) atoms. The minimum Gasteiger partial charge on any atom is -0.384 e. The lowest BCUT2D eigenvalue weighted by atomic mass is 9.88. The summed E-state index contributed by atoms with van der Waals surface area (Å²) in [6.45, 7) is 3.83. The number of nitrogens with zero attached hydrogens (tertiary/aromatic N) is 3. The lowest BCUT2D eigenvalue weighted by Crippen LogP contribution is -2.22. The summed E-state index contributed by atoms with van der Waals surface area (Å²) in [5.41, 5.74) is 3.80. The Hall–Kier alpha value is -2.96. The van der Waals surface area contributed by atoms with Crippen LogP contribution in [0, 0.1) is 6.92 Å². The fourth-order valence-electron chi connectivity index (χ4n) is 3.37. The Morgan fingerprint density at radius 1 is 1.10 bits per heavy atom.